The molecule has 1 aliphatic rings. The van der Waals surface area contributed by atoms with E-state index in [4.69, 9.17) is 5.73 Å². The van der Waals surface area contributed by atoms with Crippen molar-refractivity contribution in [2.75, 3.05) is 25.5 Å². The van der Waals surface area contributed by atoms with Crippen LogP contribution in [-0.4, -0.2) is 32.1 Å². The van der Waals surface area contributed by atoms with Crippen LogP contribution in [-0.2, 0) is 11.2 Å². The van der Waals surface area contributed by atoms with Gasteiger partial charge in [0.2, 0.25) is 5.91 Å². The van der Waals surface area contributed by atoms with Gasteiger partial charge in [-0.25, -0.2) is 0 Å². The molecule has 1 fully saturated rings. The smallest absolute Gasteiger partial charge is 0.239 e. The molecule has 1 aromatic rings. The van der Waals surface area contributed by atoms with E-state index in [0.29, 0.717) is 12.5 Å². The van der Waals surface area contributed by atoms with E-state index in [9.17, 15) is 4.79 Å². The molecule has 1 saturated carbocycles. The van der Waals surface area contributed by atoms with Crippen LogP contribution in [0.25, 0.3) is 0 Å². The van der Waals surface area contributed by atoms with Gasteiger partial charge in [0.15, 0.2) is 0 Å². The molecule has 0 radical (unpaired) electrons. The average Bonchev–Trinajstić information content (AvgIpc) is 3.29. The lowest BCUT2D eigenvalue weighted by atomic mass is 9.91. The Morgan fingerprint density at radius 2 is 2.00 bits per heavy atom. The second-order valence-corrected chi connectivity index (χ2v) is 5.74. The maximum absolute atomic E-state index is 11.9. The van der Waals surface area contributed by atoms with Crippen LogP contribution in [0.2, 0.25) is 0 Å². The van der Waals surface area contributed by atoms with Crippen molar-refractivity contribution >= 4 is 11.6 Å². The number of likely N-dealkylation sites (N-methyl/N-ethyl adjacent to an activating group) is 2. The predicted molar refractivity (Wildman–Crippen MR) is 82.8 cm³/mol. The molecule has 1 aromatic carbocycles. The number of benzene rings is 1. The number of carbonyl (C=O) groups excluding carboxylic acids is 1. The summed E-state index contributed by atoms with van der Waals surface area (Å²) in [5.74, 6) is 0.113. The quantitative estimate of drug-likeness (QED) is 0.793. The third-order valence-electron chi connectivity index (χ3n) is 4.43. The zero-order valence-electron chi connectivity index (χ0n) is 12.6. The van der Waals surface area contributed by atoms with Gasteiger partial charge in [0.05, 0.1) is 0 Å². The first-order chi connectivity index (χ1) is 9.53. The summed E-state index contributed by atoms with van der Waals surface area (Å²) in [6.07, 6.45) is 3.19. The molecule has 1 atom stereocenters. The zero-order valence-corrected chi connectivity index (χ0v) is 12.6. The van der Waals surface area contributed by atoms with Crippen molar-refractivity contribution in [3.63, 3.8) is 0 Å². The molecule has 0 heterocycles. The number of primary amides is 1. The van der Waals surface area contributed by atoms with Crippen LogP contribution in [0.3, 0.4) is 0 Å². The Labute approximate surface area is 121 Å². The molecule has 0 spiro atoms. The second kappa shape index (κ2) is 5.83. The van der Waals surface area contributed by atoms with Gasteiger partial charge in [0, 0.05) is 19.3 Å². The average molecular weight is 275 g/mol. The van der Waals surface area contributed by atoms with Crippen LogP contribution in [0.1, 0.15) is 25.3 Å². The third-order valence-corrected chi connectivity index (χ3v) is 4.43. The zero-order chi connectivity index (χ0) is 14.8. The normalized spacial score (nSPS) is 17.6. The number of amides is 1. The van der Waals surface area contributed by atoms with Crippen LogP contribution in [0, 0.1) is 5.92 Å². The van der Waals surface area contributed by atoms with E-state index in [1.165, 1.54) is 5.56 Å². The number of anilines is 1. The minimum absolute atomic E-state index is 0.250. The van der Waals surface area contributed by atoms with Crippen molar-refractivity contribution in [3.8, 4) is 0 Å². The fourth-order valence-electron chi connectivity index (χ4n) is 2.84. The highest BCUT2D eigenvalue weighted by molar-refractivity contribution is 5.86. The van der Waals surface area contributed by atoms with Gasteiger partial charge in [-0.3, -0.25) is 4.79 Å². The van der Waals surface area contributed by atoms with Crippen molar-refractivity contribution in [2.45, 2.75) is 31.7 Å². The number of nitrogens with zero attached hydrogens (tertiary/aromatic N) is 1. The maximum atomic E-state index is 11.9. The topological polar surface area (TPSA) is 58.4 Å². The lowest BCUT2D eigenvalue weighted by molar-refractivity contribution is -0.124. The molecule has 4 heteroatoms. The van der Waals surface area contributed by atoms with Gasteiger partial charge in [-0.2, -0.15) is 0 Å². The second-order valence-electron chi connectivity index (χ2n) is 5.74. The number of nitrogens with one attached hydrogen (secondary N) is 1. The van der Waals surface area contributed by atoms with E-state index >= 15 is 0 Å². The largest absolute Gasteiger partial charge is 0.372 e. The molecule has 3 N–H and O–H groups in total. The van der Waals surface area contributed by atoms with Crippen molar-refractivity contribution in [1.29, 1.82) is 0 Å². The molecule has 0 aromatic heterocycles. The Morgan fingerprint density at radius 1 is 1.40 bits per heavy atom. The number of hydrogen-bond donors (Lipinski definition) is 2. The number of hydrogen-bond acceptors (Lipinski definition) is 3. The number of aryl methyl sites for hydroxylation is 1. The molecule has 2 rings (SSSR count). The molecule has 1 amide bonds. The molecule has 0 bridgehead atoms. The first-order valence-corrected chi connectivity index (χ1v) is 7.32. The van der Waals surface area contributed by atoms with E-state index in [-0.39, 0.29) is 5.91 Å². The lowest BCUT2D eigenvalue weighted by Crippen LogP contribution is -2.61. The Bertz CT molecular complexity index is 467. The fourth-order valence-corrected chi connectivity index (χ4v) is 2.84. The van der Waals surface area contributed by atoms with Gasteiger partial charge < -0.3 is 16.0 Å². The van der Waals surface area contributed by atoms with Crippen LogP contribution in [0.15, 0.2) is 24.3 Å². The van der Waals surface area contributed by atoms with Gasteiger partial charge in [-0.15, -0.1) is 0 Å². The molecule has 110 valence electrons. The van der Waals surface area contributed by atoms with E-state index in [2.05, 4.69) is 41.4 Å². The van der Waals surface area contributed by atoms with Crippen molar-refractivity contribution in [3.05, 3.63) is 29.8 Å². The van der Waals surface area contributed by atoms with Crippen LogP contribution in [0.5, 0.6) is 0 Å². The van der Waals surface area contributed by atoms with Crippen LogP contribution >= 0.6 is 0 Å². The molecule has 1 aliphatic carbocycles. The summed E-state index contributed by atoms with van der Waals surface area (Å²) in [5, 5.41) is 3.18. The van der Waals surface area contributed by atoms with E-state index < -0.39 is 5.54 Å². The highest BCUT2D eigenvalue weighted by Crippen LogP contribution is 2.40. The summed E-state index contributed by atoms with van der Waals surface area (Å²) in [6.45, 7) is 2.75. The van der Waals surface area contributed by atoms with Gasteiger partial charge in [0.25, 0.3) is 0 Å². The molecular weight excluding hydrogens is 250 g/mol. The van der Waals surface area contributed by atoms with Gasteiger partial charge in [-0.05, 0) is 49.9 Å². The minimum atomic E-state index is -0.613. The monoisotopic (exact) mass is 275 g/mol. The summed E-state index contributed by atoms with van der Waals surface area (Å²) in [6, 6.07) is 8.48. The van der Waals surface area contributed by atoms with E-state index in [1.807, 2.05) is 14.1 Å². The lowest BCUT2D eigenvalue weighted by Gasteiger charge is -2.35. The van der Waals surface area contributed by atoms with E-state index in [0.717, 1.165) is 24.9 Å². The molecule has 0 aliphatic heterocycles. The van der Waals surface area contributed by atoms with Crippen molar-refractivity contribution in [2.24, 2.45) is 11.7 Å². The Kier molecular flexibility index (Phi) is 4.33. The van der Waals surface area contributed by atoms with Crippen molar-refractivity contribution in [1.82, 2.24) is 5.32 Å². The maximum Gasteiger partial charge on any atom is 0.239 e. The van der Waals surface area contributed by atoms with Crippen molar-refractivity contribution < 1.29 is 4.79 Å². The first kappa shape index (κ1) is 14.9. The molecular formula is C16H25N3O. The van der Waals surface area contributed by atoms with Crippen LogP contribution in [0.4, 0.5) is 5.69 Å². The Morgan fingerprint density at radius 3 is 2.40 bits per heavy atom. The van der Waals surface area contributed by atoms with E-state index in [1.54, 1.807) is 0 Å². The Hall–Kier alpha value is -1.55. The van der Waals surface area contributed by atoms with Gasteiger partial charge >= 0.3 is 0 Å². The molecule has 0 saturated heterocycles. The number of rotatable bonds is 7. The summed E-state index contributed by atoms with van der Waals surface area (Å²) in [5.41, 5.74) is 7.49. The standard InChI is InChI=1S/C16H25N3O/c1-4-12-5-9-14(10-6-12)19(3)11-16(18-2,15(17)20)13-7-8-13/h5-6,9-10,13,18H,4,7-8,11H2,1-3H3,(H2,17,20). The summed E-state index contributed by atoms with van der Waals surface area (Å²) >= 11 is 0. The molecule has 4 nitrogen and oxygen atoms in total. The third kappa shape index (κ3) is 2.80. The van der Waals surface area contributed by atoms with Gasteiger partial charge in [-0.1, -0.05) is 19.1 Å². The summed E-state index contributed by atoms with van der Waals surface area (Å²) in [7, 11) is 3.84. The van der Waals surface area contributed by atoms with Gasteiger partial charge in [0.1, 0.15) is 5.54 Å². The fraction of sp³-hybridized carbons (Fsp3) is 0.562. The Balaban J connectivity index is 2.15. The SMILES string of the molecule is CCc1ccc(N(C)CC(NC)(C(N)=O)C2CC2)cc1. The van der Waals surface area contributed by atoms with Crippen LogP contribution < -0.4 is 16.0 Å². The molecule has 20 heavy (non-hydrogen) atoms. The highest BCUT2D eigenvalue weighted by atomic mass is 16.1. The molecule has 1 unspecified atom stereocenters. The first-order valence-electron chi connectivity index (χ1n) is 7.32. The number of nitrogens with two attached hydrogens (primary N) is 1. The predicted octanol–water partition coefficient (Wildman–Crippen LogP) is 1.54. The summed E-state index contributed by atoms with van der Waals surface area (Å²) < 4.78 is 0. The summed E-state index contributed by atoms with van der Waals surface area (Å²) in [4.78, 5) is 14.0. The minimum Gasteiger partial charge on any atom is -0.372 e. The number of carbonyl (C=O) groups is 1. The highest BCUT2D eigenvalue weighted by Gasteiger charge is 2.49.